The summed E-state index contributed by atoms with van der Waals surface area (Å²) >= 11 is 7.50. The van der Waals surface area contributed by atoms with Gasteiger partial charge in [-0.15, -0.1) is 11.3 Å². The third-order valence-electron chi connectivity index (χ3n) is 2.61. The van der Waals surface area contributed by atoms with Crippen molar-refractivity contribution in [2.75, 3.05) is 0 Å². The predicted octanol–water partition coefficient (Wildman–Crippen LogP) is 2.68. The second-order valence-corrected chi connectivity index (χ2v) is 5.47. The first kappa shape index (κ1) is 13.2. The van der Waals surface area contributed by atoms with Crippen LogP contribution < -0.4 is 5.73 Å². The molecular weight excluding hydrogens is 298 g/mol. The first-order valence-corrected chi connectivity index (χ1v) is 7.00. The maximum Gasteiger partial charge on any atom is 0.270 e. The van der Waals surface area contributed by atoms with Gasteiger partial charge in [-0.1, -0.05) is 16.8 Å². The summed E-state index contributed by atoms with van der Waals surface area (Å²) in [6, 6.07) is 3.47. The van der Waals surface area contributed by atoms with E-state index >= 15 is 0 Å². The van der Waals surface area contributed by atoms with Crippen LogP contribution in [0.25, 0.3) is 22.3 Å². The molecule has 102 valence electrons. The lowest BCUT2D eigenvalue weighted by molar-refractivity contribution is 0.432. The molecule has 0 saturated heterocycles. The number of pyridine rings is 1. The van der Waals surface area contributed by atoms with E-state index in [1.54, 1.807) is 18.3 Å². The highest BCUT2D eigenvalue weighted by Crippen LogP contribution is 2.31. The fourth-order valence-corrected chi connectivity index (χ4v) is 2.77. The van der Waals surface area contributed by atoms with E-state index in [4.69, 9.17) is 21.9 Å². The van der Waals surface area contributed by atoms with Crippen LogP contribution in [0, 0.1) is 6.92 Å². The molecule has 6 nitrogen and oxygen atoms in total. The van der Waals surface area contributed by atoms with E-state index in [-0.39, 0.29) is 0 Å². The molecule has 0 aliphatic heterocycles. The molecule has 0 amide bonds. The van der Waals surface area contributed by atoms with Gasteiger partial charge in [0, 0.05) is 12.7 Å². The molecule has 3 heterocycles. The summed E-state index contributed by atoms with van der Waals surface area (Å²) in [6.07, 6.45) is 1.63. The Bertz CT molecular complexity index is 754. The number of hydrogen-bond donors (Lipinski definition) is 1. The number of halogens is 1. The SMILES string of the molecule is Cc1nc(CN)sc1-c1nc(-c2ncccc2Cl)no1. The zero-order valence-electron chi connectivity index (χ0n) is 10.5. The van der Waals surface area contributed by atoms with Crippen molar-refractivity contribution in [3.8, 4) is 22.3 Å². The largest absolute Gasteiger partial charge is 0.333 e. The van der Waals surface area contributed by atoms with Crippen molar-refractivity contribution >= 4 is 22.9 Å². The Labute approximate surface area is 123 Å². The Kier molecular flexibility index (Phi) is 3.47. The van der Waals surface area contributed by atoms with E-state index in [0.29, 0.717) is 29.0 Å². The van der Waals surface area contributed by atoms with Gasteiger partial charge < -0.3 is 10.3 Å². The van der Waals surface area contributed by atoms with E-state index in [9.17, 15) is 0 Å². The Hall–Kier alpha value is -1.83. The smallest absolute Gasteiger partial charge is 0.270 e. The van der Waals surface area contributed by atoms with Gasteiger partial charge in [0.2, 0.25) is 5.82 Å². The van der Waals surface area contributed by atoms with Gasteiger partial charge in [-0.05, 0) is 19.1 Å². The molecular formula is C12H10ClN5OS. The zero-order valence-corrected chi connectivity index (χ0v) is 12.1. The average Bonchev–Trinajstić information content (AvgIpc) is 3.05. The van der Waals surface area contributed by atoms with Crippen LogP contribution in [-0.4, -0.2) is 20.1 Å². The number of rotatable bonds is 3. The lowest BCUT2D eigenvalue weighted by Crippen LogP contribution is -1.94. The van der Waals surface area contributed by atoms with Crippen LogP contribution in [-0.2, 0) is 6.54 Å². The van der Waals surface area contributed by atoms with Crippen molar-refractivity contribution in [3.05, 3.63) is 34.1 Å². The standard InChI is InChI=1S/C12H10ClN5OS/c1-6-10(20-8(5-14)16-6)12-17-11(18-19-12)9-7(13)3-2-4-15-9/h2-4H,5,14H2,1H3. The number of aromatic nitrogens is 4. The summed E-state index contributed by atoms with van der Waals surface area (Å²) in [5.41, 5.74) is 6.89. The van der Waals surface area contributed by atoms with Gasteiger partial charge in [0.1, 0.15) is 15.6 Å². The quantitative estimate of drug-likeness (QED) is 0.800. The minimum atomic E-state index is 0.354. The lowest BCUT2D eigenvalue weighted by atomic mass is 10.3. The van der Waals surface area contributed by atoms with Crippen LogP contribution in [0.1, 0.15) is 10.7 Å². The van der Waals surface area contributed by atoms with E-state index in [1.165, 1.54) is 11.3 Å². The molecule has 0 spiro atoms. The van der Waals surface area contributed by atoms with Crippen molar-refractivity contribution < 1.29 is 4.52 Å². The zero-order chi connectivity index (χ0) is 14.1. The lowest BCUT2D eigenvalue weighted by Gasteiger charge is -1.94. The van der Waals surface area contributed by atoms with Crippen LogP contribution in [0.15, 0.2) is 22.9 Å². The van der Waals surface area contributed by atoms with Crippen molar-refractivity contribution in [1.29, 1.82) is 0 Å². The van der Waals surface area contributed by atoms with Gasteiger partial charge >= 0.3 is 0 Å². The summed E-state index contributed by atoms with van der Waals surface area (Å²) in [4.78, 5) is 13.6. The van der Waals surface area contributed by atoms with Crippen LogP contribution in [0.3, 0.4) is 0 Å². The van der Waals surface area contributed by atoms with Crippen LogP contribution >= 0.6 is 22.9 Å². The fraction of sp³-hybridized carbons (Fsp3) is 0.167. The molecule has 0 aliphatic rings. The molecule has 0 aromatic carbocycles. The van der Waals surface area contributed by atoms with Crippen molar-refractivity contribution in [2.24, 2.45) is 5.73 Å². The highest BCUT2D eigenvalue weighted by Gasteiger charge is 2.18. The molecule has 3 rings (SSSR count). The maximum atomic E-state index is 6.06. The third-order valence-corrected chi connectivity index (χ3v) is 4.08. The average molecular weight is 308 g/mol. The van der Waals surface area contributed by atoms with Gasteiger partial charge in [-0.25, -0.2) is 4.98 Å². The van der Waals surface area contributed by atoms with Crippen molar-refractivity contribution in [3.63, 3.8) is 0 Å². The van der Waals surface area contributed by atoms with Gasteiger partial charge in [-0.2, -0.15) is 4.98 Å². The highest BCUT2D eigenvalue weighted by atomic mass is 35.5. The predicted molar refractivity (Wildman–Crippen MR) is 76.3 cm³/mol. The topological polar surface area (TPSA) is 90.7 Å². The molecule has 0 aliphatic carbocycles. The molecule has 20 heavy (non-hydrogen) atoms. The van der Waals surface area contributed by atoms with E-state index in [1.807, 2.05) is 6.92 Å². The molecule has 0 fully saturated rings. The molecule has 0 atom stereocenters. The minimum Gasteiger partial charge on any atom is -0.333 e. The summed E-state index contributed by atoms with van der Waals surface area (Å²) in [6.45, 7) is 2.27. The number of aryl methyl sites for hydroxylation is 1. The van der Waals surface area contributed by atoms with Crippen LogP contribution in [0.2, 0.25) is 5.02 Å². The Morgan fingerprint density at radius 3 is 2.95 bits per heavy atom. The van der Waals surface area contributed by atoms with Crippen LogP contribution in [0.4, 0.5) is 0 Å². The van der Waals surface area contributed by atoms with Crippen LogP contribution in [0.5, 0.6) is 0 Å². The second kappa shape index (κ2) is 5.28. The van der Waals surface area contributed by atoms with Crippen molar-refractivity contribution in [1.82, 2.24) is 20.1 Å². The Morgan fingerprint density at radius 2 is 2.25 bits per heavy atom. The van der Waals surface area contributed by atoms with E-state index < -0.39 is 0 Å². The second-order valence-electron chi connectivity index (χ2n) is 3.98. The Morgan fingerprint density at radius 1 is 1.40 bits per heavy atom. The van der Waals surface area contributed by atoms with Gasteiger partial charge in [0.25, 0.3) is 5.89 Å². The van der Waals surface area contributed by atoms with Gasteiger partial charge in [0.05, 0.1) is 10.7 Å². The van der Waals surface area contributed by atoms with Gasteiger partial charge in [0.15, 0.2) is 0 Å². The molecule has 3 aromatic rings. The summed E-state index contributed by atoms with van der Waals surface area (Å²) in [7, 11) is 0. The number of hydrogen-bond acceptors (Lipinski definition) is 7. The summed E-state index contributed by atoms with van der Waals surface area (Å²) in [5.74, 6) is 0.754. The Balaban J connectivity index is 2.02. The molecule has 0 saturated carbocycles. The molecule has 2 N–H and O–H groups in total. The van der Waals surface area contributed by atoms with E-state index in [0.717, 1.165) is 15.6 Å². The van der Waals surface area contributed by atoms with E-state index in [2.05, 4.69) is 20.1 Å². The molecule has 0 bridgehead atoms. The molecule has 0 radical (unpaired) electrons. The summed E-state index contributed by atoms with van der Waals surface area (Å²) < 4.78 is 5.27. The highest BCUT2D eigenvalue weighted by molar-refractivity contribution is 7.15. The number of thiazole rings is 1. The normalized spacial score (nSPS) is 10.9. The number of nitrogens with two attached hydrogens (primary N) is 1. The number of nitrogens with zero attached hydrogens (tertiary/aromatic N) is 4. The molecule has 8 heteroatoms. The molecule has 0 unspecified atom stereocenters. The monoisotopic (exact) mass is 307 g/mol. The fourth-order valence-electron chi connectivity index (χ4n) is 1.70. The van der Waals surface area contributed by atoms with Crippen molar-refractivity contribution in [2.45, 2.75) is 13.5 Å². The maximum absolute atomic E-state index is 6.06. The minimum absolute atomic E-state index is 0.354. The first-order valence-electron chi connectivity index (χ1n) is 5.80. The summed E-state index contributed by atoms with van der Waals surface area (Å²) in [5, 5.41) is 5.22. The van der Waals surface area contributed by atoms with Gasteiger partial charge in [-0.3, -0.25) is 4.98 Å². The first-order chi connectivity index (χ1) is 9.69. The third kappa shape index (κ3) is 2.31. The molecule has 3 aromatic heterocycles.